The molecule has 0 fully saturated rings. The summed E-state index contributed by atoms with van der Waals surface area (Å²) in [5.41, 5.74) is 6.75. The molecule has 2 N–H and O–H groups in total. The molecule has 16 heavy (non-hydrogen) atoms. The molecule has 0 aliphatic carbocycles. The van der Waals surface area contributed by atoms with Crippen LogP contribution in [0.2, 0.25) is 5.02 Å². The summed E-state index contributed by atoms with van der Waals surface area (Å²) in [6, 6.07) is 8.17. The van der Waals surface area contributed by atoms with Gasteiger partial charge in [-0.15, -0.1) is 11.3 Å². The smallest absolute Gasteiger partial charge is 0.142 e. The summed E-state index contributed by atoms with van der Waals surface area (Å²) in [7, 11) is 0. The molecule has 2 aromatic rings. The van der Waals surface area contributed by atoms with E-state index < -0.39 is 5.82 Å². The van der Waals surface area contributed by atoms with Gasteiger partial charge >= 0.3 is 0 Å². The third-order valence-electron chi connectivity index (χ3n) is 2.20. The highest BCUT2D eigenvalue weighted by Gasteiger charge is 2.12. The van der Waals surface area contributed by atoms with Crippen molar-refractivity contribution in [1.82, 2.24) is 0 Å². The molecule has 0 aliphatic heterocycles. The third-order valence-corrected chi connectivity index (χ3v) is 4.22. The van der Waals surface area contributed by atoms with E-state index in [4.69, 9.17) is 17.3 Å². The van der Waals surface area contributed by atoms with Gasteiger partial charge in [0.2, 0.25) is 0 Å². The van der Waals surface area contributed by atoms with Crippen LogP contribution in [0.5, 0.6) is 0 Å². The second-order valence-electron chi connectivity index (χ2n) is 3.29. The molecule has 1 aromatic carbocycles. The van der Waals surface area contributed by atoms with Crippen molar-refractivity contribution < 1.29 is 4.39 Å². The van der Waals surface area contributed by atoms with Gasteiger partial charge < -0.3 is 5.73 Å². The molecular formula is C11H8BrClFNS. The number of thiophene rings is 1. The fraction of sp³-hybridized carbons (Fsp3) is 0.0909. The Morgan fingerprint density at radius 3 is 2.62 bits per heavy atom. The topological polar surface area (TPSA) is 26.0 Å². The van der Waals surface area contributed by atoms with E-state index in [9.17, 15) is 4.39 Å². The highest BCUT2D eigenvalue weighted by Crippen LogP contribution is 2.30. The van der Waals surface area contributed by atoms with Crippen molar-refractivity contribution in [3.63, 3.8) is 0 Å². The summed E-state index contributed by atoms with van der Waals surface area (Å²) in [5.74, 6) is -0.440. The van der Waals surface area contributed by atoms with E-state index >= 15 is 0 Å². The summed E-state index contributed by atoms with van der Waals surface area (Å²) in [4.78, 5) is 0.980. The summed E-state index contributed by atoms with van der Waals surface area (Å²) in [6.45, 7) is 0. The molecule has 1 unspecified atom stereocenters. The van der Waals surface area contributed by atoms with E-state index in [0.29, 0.717) is 0 Å². The largest absolute Gasteiger partial charge is 0.320 e. The zero-order valence-corrected chi connectivity index (χ0v) is 11.2. The number of rotatable bonds is 2. The predicted octanol–water partition coefficient (Wildman–Crippen LogP) is 4.35. The molecule has 0 spiro atoms. The Bertz CT molecular complexity index is 514. The van der Waals surface area contributed by atoms with Crippen LogP contribution < -0.4 is 5.73 Å². The lowest BCUT2D eigenvalue weighted by molar-refractivity contribution is 0.624. The highest BCUT2D eigenvalue weighted by molar-refractivity contribution is 9.11. The normalized spacial score (nSPS) is 12.8. The number of hydrogen-bond donors (Lipinski definition) is 1. The van der Waals surface area contributed by atoms with Crippen molar-refractivity contribution in [2.24, 2.45) is 5.73 Å². The van der Waals surface area contributed by atoms with E-state index in [0.717, 1.165) is 14.2 Å². The zero-order chi connectivity index (χ0) is 11.7. The maximum Gasteiger partial charge on any atom is 0.142 e. The minimum Gasteiger partial charge on any atom is -0.320 e. The number of nitrogens with two attached hydrogens (primary N) is 1. The molecular weight excluding hydrogens is 313 g/mol. The van der Waals surface area contributed by atoms with Gasteiger partial charge in [0.25, 0.3) is 0 Å². The van der Waals surface area contributed by atoms with Gasteiger partial charge in [0, 0.05) is 4.88 Å². The van der Waals surface area contributed by atoms with Crippen LogP contribution in [0.4, 0.5) is 4.39 Å². The Morgan fingerprint density at radius 2 is 2.06 bits per heavy atom. The molecule has 1 nitrogen and oxygen atoms in total. The third kappa shape index (κ3) is 2.46. The summed E-state index contributed by atoms with van der Waals surface area (Å²) >= 11 is 10.5. The first-order valence-corrected chi connectivity index (χ1v) is 6.52. The Morgan fingerprint density at radius 1 is 1.31 bits per heavy atom. The SMILES string of the molecule is NC(c1ccc(Cl)c(F)c1)c1ccc(Br)s1. The van der Waals surface area contributed by atoms with Crippen LogP contribution in [0.25, 0.3) is 0 Å². The van der Waals surface area contributed by atoms with Gasteiger partial charge in [-0.1, -0.05) is 17.7 Å². The molecule has 0 saturated carbocycles. The van der Waals surface area contributed by atoms with Gasteiger partial charge in [-0.25, -0.2) is 4.39 Å². The van der Waals surface area contributed by atoms with Crippen molar-refractivity contribution in [1.29, 1.82) is 0 Å². The molecule has 0 saturated heterocycles. The molecule has 0 amide bonds. The number of hydrogen-bond acceptors (Lipinski definition) is 2. The van der Waals surface area contributed by atoms with E-state index in [2.05, 4.69) is 15.9 Å². The first-order chi connectivity index (χ1) is 7.58. The van der Waals surface area contributed by atoms with Crippen LogP contribution in [0.15, 0.2) is 34.1 Å². The van der Waals surface area contributed by atoms with Crippen molar-refractivity contribution in [3.05, 3.63) is 55.4 Å². The van der Waals surface area contributed by atoms with Gasteiger partial charge in [0.05, 0.1) is 14.9 Å². The van der Waals surface area contributed by atoms with Gasteiger partial charge in [-0.2, -0.15) is 0 Å². The lowest BCUT2D eigenvalue weighted by Crippen LogP contribution is -2.10. The monoisotopic (exact) mass is 319 g/mol. The Labute approximate surface area is 110 Å². The molecule has 1 atom stereocenters. The standard InChI is InChI=1S/C11H8BrClFNS/c12-10-4-3-9(16-10)11(15)6-1-2-7(13)8(14)5-6/h1-5,11H,15H2. The van der Waals surface area contributed by atoms with E-state index in [1.165, 1.54) is 23.5 Å². The fourth-order valence-electron chi connectivity index (χ4n) is 1.37. The molecule has 1 heterocycles. The maximum absolute atomic E-state index is 13.3. The van der Waals surface area contributed by atoms with Crippen molar-refractivity contribution in [2.75, 3.05) is 0 Å². The van der Waals surface area contributed by atoms with Crippen LogP contribution in [-0.2, 0) is 0 Å². The molecule has 2 rings (SSSR count). The minimum atomic E-state index is -0.440. The average molecular weight is 321 g/mol. The van der Waals surface area contributed by atoms with Gasteiger partial charge in [0.1, 0.15) is 5.82 Å². The average Bonchev–Trinajstić information content (AvgIpc) is 2.68. The van der Waals surface area contributed by atoms with Crippen LogP contribution in [-0.4, -0.2) is 0 Å². The van der Waals surface area contributed by atoms with E-state index in [1.54, 1.807) is 6.07 Å². The lowest BCUT2D eigenvalue weighted by Gasteiger charge is -2.10. The quantitative estimate of drug-likeness (QED) is 0.874. The first kappa shape index (κ1) is 12.0. The Kier molecular flexibility index (Phi) is 3.64. The fourth-order valence-corrected chi connectivity index (χ4v) is 2.94. The molecule has 1 aromatic heterocycles. The first-order valence-electron chi connectivity index (χ1n) is 4.53. The van der Waals surface area contributed by atoms with Gasteiger partial charge in [-0.05, 0) is 45.8 Å². The summed E-state index contributed by atoms with van der Waals surface area (Å²) in [6.07, 6.45) is 0. The molecule has 5 heteroatoms. The van der Waals surface area contributed by atoms with Crippen LogP contribution in [0.1, 0.15) is 16.5 Å². The van der Waals surface area contributed by atoms with E-state index in [-0.39, 0.29) is 11.1 Å². The Balaban J connectivity index is 2.33. The van der Waals surface area contributed by atoms with Crippen molar-refractivity contribution >= 4 is 38.9 Å². The number of halogens is 3. The van der Waals surface area contributed by atoms with Crippen LogP contribution in [0, 0.1) is 5.82 Å². The van der Waals surface area contributed by atoms with Gasteiger partial charge in [-0.3, -0.25) is 0 Å². The molecule has 0 aliphatic rings. The molecule has 0 radical (unpaired) electrons. The van der Waals surface area contributed by atoms with Crippen molar-refractivity contribution in [3.8, 4) is 0 Å². The van der Waals surface area contributed by atoms with Crippen molar-refractivity contribution in [2.45, 2.75) is 6.04 Å². The molecule has 84 valence electrons. The Hall–Kier alpha value is -0.420. The zero-order valence-electron chi connectivity index (χ0n) is 8.08. The van der Waals surface area contributed by atoms with Gasteiger partial charge in [0.15, 0.2) is 0 Å². The second kappa shape index (κ2) is 4.84. The van der Waals surface area contributed by atoms with Crippen LogP contribution in [0.3, 0.4) is 0 Å². The summed E-state index contributed by atoms with van der Waals surface area (Å²) in [5, 5.41) is 0.114. The summed E-state index contributed by atoms with van der Waals surface area (Å²) < 4.78 is 14.3. The maximum atomic E-state index is 13.3. The molecule has 0 bridgehead atoms. The predicted molar refractivity (Wildman–Crippen MR) is 69.5 cm³/mol. The van der Waals surface area contributed by atoms with E-state index in [1.807, 2.05) is 12.1 Å². The number of benzene rings is 1. The lowest BCUT2D eigenvalue weighted by atomic mass is 10.1. The second-order valence-corrected chi connectivity index (χ2v) is 6.19. The highest BCUT2D eigenvalue weighted by atomic mass is 79.9. The van der Waals surface area contributed by atoms with Crippen LogP contribution >= 0.6 is 38.9 Å². The minimum absolute atomic E-state index is 0.114.